The SMILES string of the molecule is Cc1nc2ccc(-c3ccc(N4C[C@H](CNc5ccon5)OC4=O)cc3F)cn2n1. The minimum absolute atomic E-state index is 0.298. The molecule has 4 heterocycles. The van der Waals surface area contributed by atoms with Gasteiger partial charge in [0.15, 0.2) is 11.5 Å². The maximum atomic E-state index is 14.9. The van der Waals surface area contributed by atoms with Crippen molar-refractivity contribution in [2.45, 2.75) is 13.0 Å². The first-order valence-corrected chi connectivity index (χ1v) is 9.32. The average Bonchev–Trinajstić information content (AvgIpc) is 3.45. The van der Waals surface area contributed by atoms with Gasteiger partial charge in [0.1, 0.15) is 24.0 Å². The molecule has 5 rings (SSSR count). The molecule has 1 saturated heterocycles. The topological polar surface area (TPSA) is 97.8 Å². The normalized spacial score (nSPS) is 16.3. The van der Waals surface area contributed by atoms with Gasteiger partial charge < -0.3 is 14.6 Å². The van der Waals surface area contributed by atoms with Crippen LogP contribution in [0, 0.1) is 12.7 Å². The third kappa shape index (κ3) is 3.32. The maximum Gasteiger partial charge on any atom is 0.414 e. The van der Waals surface area contributed by atoms with Crippen LogP contribution in [0.1, 0.15) is 5.82 Å². The number of benzene rings is 1. The number of hydrogen-bond acceptors (Lipinski definition) is 7. The zero-order valence-corrected chi connectivity index (χ0v) is 15.9. The van der Waals surface area contributed by atoms with Crippen LogP contribution < -0.4 is 10.2 Å². The Hall–Kier alpha value is -3.95. The second kappa shape index (κ2) is 7.14. The van der Waals surface area contributed by atoms with Gasteiger partial charge in [-0.2, -0.15) is 5.10 Å². The molecule has 0 unspecified atom stereocenters. The average molecular weight is 408 g/mol. The van der Waals surface area contributed by atoms with Gasteiger partial charge in [0.25, 0.3) is 0 Å². The van der Waals surface area contributed by atoms with E-state index in [4.69, 9.17) is 9.26 Å². The summed E-state index contributed by atoms with van der Waals surface area (Å²) in [6.45, 7) is 2.46. The Balaban J connectivity index is 1.34. The number of aromatic nitrogens is 4. The van der Waals surface area contributed by atoms with Crippen molar-refractivity contribution in [2.24, 2.45) is 0 Å². The number of hydrogen-bond donors (Lipinski definition) is 1. The molecule has 0 bridgehead atoms. The van der Waals surface area contributed by atoms with Gasteiger partial charge in [0.05, 0.1) is 18.8 Å². The van der Waals surface area contributed by atoms with E-state index in [9.17, 15) is 9.18 Å². The Kier molecular flexibility index (Phi) is 4.31. The number of nitrogens with one attached hydrogen (secondary N) is 1. The molecule has 4 aromatic rings. The lowest BCUT2D eigenvalue weighted by Gasteiger charge is -2.14. The third-order valence-corrected chi connectivity index (χ3v) is 4.83. The largest absolute Gasteiger partial charge is 0.442 e. The van der Waals surface area contributed by atoms with Crippen LogP contribution in [-0.2, 0) is 4.74 Å². The van der Waals surface area contributed by atoms with Crippen molar-refractivity contribution in [1.29, 1.82) is 0 Å². The number of anilines is 2. The molecule has 0 spiro atoms. The van der Waals surface area contributed by atoms with Gasteiger partial charge in [0, 0.05) is 23.4 Å². The summed E-state index contributed by atoms with van der Waals surface area (Å²) in [5.41, 5.74) is 2.20. The van der Waals surface area contributed by atoms with Gasteiger partial charge in [-0.15, -0.1) is 0 Å². The summed E-state index contributed by atoms with van der Waals surface area (Å²) in [6.07, 6.45) is 2.26. The van der Waals surface area contributed by atoms with Gasteiger partial charge >= 0.3 is 6.09 Å². The Labute approximate surface area is 170 Å². The molecular weight excluding hydrogens is 391 g/mol. The Morgan fingerprint density at radius 1 is 1.27 bits per heavy atom. The van der Waals surface area contributed by atoms with E-state index >= 15 is 0 Å². The minimum Gasteiger partial charge on any atom is -0.442 e. The van der Waals surface area contributed by atoms with Crippen LogP contribution in [0.2, 0.25) is 0 Å². The van der Waals surface area contributed by atoms with Crippen molar-refractivity contribution in [3.8, 4) is 11.1 Å². The van der Waals surface area contributed by atoms with E-state index in [0.717, 1.165) is 0 Å². The first kappa shape index (κ1) is 18.1. The molecule has 0 radical (unpaired) electrons. The number of halogens is 1. The smallest absolute Gasteiger partial charge is 0.414 e. The van der Waals surface area contributed by atoms with E-state index in [1.165, 1.54) is 17.2 Å². The number of aryl methyl sites for hydroxylation is 1. The molecule has 1 aliphatic heterocycles. The highest BCUT2D eigenvalue weighted by Crippen LogP contribution is 2.29. The standard InChI is InChI=1S/C20H17FN6O3/c1-12-23-19-5-2-13(10-27(19)24-12)16-4-3-14(8-17(16)21)26-11-15(30-20(26)28)9-22-18-6-7-29-25-18/h2-8,10,15H,9,11H2,1H3,(H,22,25)/t15-/m0/s1. The van der Waals surface area contributed by atoms with Crippen LogP contribution in [0.4, 0.5) is 20.7 Å². The van der Waals surface area contributed by atoms with Crippen LogP contribution in [0.5, 0.6) is 0 Å². The minimum atomic E-state index is -0.520. The van der Waals surface area contributed by atoms with Crippen molar-refractivity contribution < 1.29 is 18.4 Å². The fraction of sp³-hybridized carbons (Fsp3) is 0.200. The molecule has 9 nitrogen and oxygen atoms in total. The second-order valence-electron chi connectivity index (χ2n) is 6.93. The van der Waals surface area contributed by atoms with Crippen LogP contribution in [0.15, 0.2) is 53.4 Å². The highest BCUT2D eigenvalue weighted by molar-refractivity contribution is 5.90. The molecule has 0 saturated carbocycles. The summed E-state index contributed by atoms with van der Waals surface area (Å²) in [7, 11) is 0. The Morgan fingerprint density at radius 3 is 2.97 bits per heavy atom. The summed E-state index contributed by atoms with van der Waals surface area (Å²) in [6, 6.07) is 9.92. The first-order chi connectivity index (χ1) is 14.6. The summed E-state index contributed by atoms with van der Waals surface area (Å²) in [5, 5.41) is 11.0. The highest BCUT2D eigenvalue weighted by Gasteiger charge is 2.32. The van der Waals surface area contributed by atoms with E-state index < -0.39 is 18.0 Å². The first-order valence-electron chi connectivity index (χ1n) is 9.32. The van der Waals surface area contributed by atoms with Gasteiger partial charge in [-0.05, 0) is 37.3 Å². The summed E-state index contributed by atoms with van der Waals surface area (Å²) < 4.78 is 26.6. The van der Waals surface area contributed by atoms with Crippen LogP contribution in [0.25, 0.3) is 16.8 Å². The molecule has 1 fully saturated rings. The van der Waals surface area contributed by atoms with E-state index in [1.807, 2.05) is 0 Å². The third-order valence-electron chi connectivity index (χ3n) is 4.83. The summed E-state index contributed by atoms with van der Waals surface area (Å²) in [5.74, 6) is 0.753. The quantitative estimate of drug-likeness (QED) is 0.541. The lowest BCUT2D eigenvalue weighted by molar-refractivity contribution is 0.147. The molecule has 10 heteroatoms. The van der Waals surface area contributed by atoms with E-state index in [0.29, 0.717) is 47.2 Å². The number of rotatable bonds is 5. The summed E-state index contributed by atoms with van der Waals surface area (Å²) >= 11 is 0. The molecule has 3 aromatic heterocycles. The number of amides is 1. The number of carbonyl (C=O) groups excluding carboxylic acids is 1. The van der Waals surface area contributed by atoms with Crippen molar-refractivity contribution in [2.75, 3.05) is 23.3 Å². The van der Waals surface area contributed by atoms with E-state index in [1.54, 1.807) is 48.0 Å². The fourth-order valence-corrected chi connectivity index (χ4v) is 3.42. The monoisotopic (exact) mass is 408 g/mol. The van der Waals surface area contributed by atoms with Crippen LogP contribution in [-0.4, -0.2) is 45.0 Å². The predicted molar refractivity (Wildman–Crippen MR) is 106 cm³/mol. The van der Waals surface area contributed by atoms with Crippen molar-refractivity contribution in [3.05, 3.63) is 60.5 Å². The van der Waals surface area contributed by atoms with Gasteiger partial charge in [-0.1, -0.05) is 5.16 Å². The van der Waals surface area contributed by atoms with E-state index in [-0.39, 0.29) is 0 Å². The summed E-state index contributed by atoms with van der Waals surface area (Å²) in [4.78, 5) is 17.9. The van der Waals surface area contributed by atoms with Crippen molar-refractivity contribution >= 4 is 23.2 Å². The zero-order valence-electron chi connectivity index (χ0n) is 15.9. The molecule has 1 aliphatic rings. The number of fused-ring (bicyclic) bond motifs is 1. The lowest BCUT2D eigenvalue weighted by atomic mass is 10.1. The Morgan fingerprint density at radius 2 is 2.17 bits per heavy atom. The molecule has 1 atom stereocenters. The predicted octanol–water partition coefficient (Wildman–Crippen LogP) is 3.27. The maximum absolute atomic E-state index is 14.9. The van der Waals surface area contributed by atoms with Crippen molar-refractivity contribution in [3.63, 3.8) is 0 Å². The Bertz CT molecular complexity index is 1220. The molecular formula is C20H17FN6O3. The second-order valence-corrected chi connectivity index (χ2v) is 6.93. The highest BCUT2D eigenvalue weighted by atomic mass is 19.1. The van der Waals surface area contributed by atoms with Gasteiger partial charge in [-0.25, -0.2) is 18.7 Å². The van der Waals surface area contributed by atoms with Gasteiger partial charge in [-0.3, -0.25) is 4.90 Å². The number of carbonyl (C=O) groups is 1. The number of nitrogens with zero attached hydrogens (tertiary/aromatic N) is 5. The molecule has 1 aromatic carbocycles. The lowest BCUT2D eigenvalue weighted by Crippen LogP contribution is -2.27. The number of ether oxygens (including phenoxy) is 1. The van der Waals surface area contributed by atoms with Gasteiger partial charge in [0.2, 0.25) is 0 Å². The zero-order chi connectivity index (χ0) is 20.7. The van der Waals surface area contributed by atoms with Crippen LogP contribution >= 0.6 is 0 Å². The number of pyridine rings is 1. The molecule has 152 valence electrons. The molecule has 0 aliphatic carbocycles. The molecule has 1 amide bonds. The molecule has 30 heavy (non-hydrogen) atoms. The fourth-order valence-electron chi connectivity index (χ4n) is 3.42. The van der Waals surface area contributed by atoms with E-state index in [2.05, 4.69) is 20.6 Å². The van der Waals surface area contributed by atoms with Crippen LogP contribution in [0.3, 0.4) is 0 Å². The molecule has 1 N–H and O–H groups in total. The number of cyclic esters (lactones) is 1. The van der Waals surface area contributed by atoms with Crippen molar-refractivity contribution in [1.82, 2.24) is 19.8 Å².